The van der Waals surface area contributed by atoms with Crippen LogP contribution in [0.25, 0.3) is 0 Å². The van der Waals surface area contributed by atoms with Crippen molar-refractivity contribution < 1.29 is 21.9 Å². The number of ether oxygens (including phenoxy) is 1. The van der Waals surface area contributed by atoms with E-state index in [1.54, 1.807) is 7.11 Å². The molecule has 4 aliphatic carbocycles. The monoisotopic (exact) mass is 371 g/mol. The molecule has 138 valence electrons. The zero-order valence-electron chi connectivity index (χ0n) is 14.2. The topological polar surface area (TPSA) is 55.4 Å². The molecule has 1 N–H and O–H groups in total. The highest BCUT2D eigenvalue weighted by Gasteiger charge is 2.57. The maximum atomic E-state index is 13.9. The summed E-state index contributed by atoms with van der Waals surface area (Å²) in [6.45, 7) is 0.0639. The Kier molecular flexibility index (Phi) is 4.16. The number of hydrogen-bond donors (Lipinski definition) is 1. The molecule has 0 atom stereocenters. The van der Waals surface area contributed by atoms with Crippen molar-refractivity contribution >= 4 is 10.0 Å². The third-order valence-electron chi connectivity index (χ3n) is 6.63. The van der Waals surface area contributed by atoms with E-state index in [0.717, 1.165) is 43.9 Å². The van der Waals surface area contributed by atoms with E-state index in [2.05, 4.69) is 4.72 Å². The molecule has 5 rings (SSSR count). The van der Waals surface area contributed by atoms with Crippen molar-refractivity contribution in [2.24, 2.45) is 23.7 Å². The van der Waals surface area contributed by atoms with Crippen molar-refractivity contribution in [2.45, 2.75) is 42.6 Å². The highest BCUT2D eigenvalue weighted by molar-refractivity contribution is 7.89. The summed E-state index contributed by atoms with van der Waals surface area (Å²) in [5, 5.41) is 0. The summed E-state index contributed by atoms with van der Waals surface area (Å²) in [7, 11) is -2.66. The fourth-order valence-corrected chi connectivity index (χ4v) is 6.90. The highest BCUT2D eigenvalue weighted by atomic mass is 32.2. The van der Waals surface area contributed by atoms with Gasteiger partial charge in [0, 0.05) is 13.7 Å². The average molecular weight is 371 g/mol. The molecule has 4 nitrogen and oxygen atoms in total. The van der Waals surface area contributed by atoms with Crippen LogP contribution in [-0.4, -0.2) is 27.7 Å². The van der Waals surface area contributed by atoms with E-state index in [4.69, 9.17) is 4.74 Å². The minimum absolute atomic E-state index is 0.0639. The molecule has 0 radical (unpaired) electrons. The Hall–Kier alpha value is -1.05. The van der Waals surface area contributed by atoms with Gasteiger partial charge in [0.1, 0.15) is 11.6 Å². The number of halogens is 2. The third-order valence-corrected chi connectivity index (χ3v) is 8.08. The van der Waals surface area contributed by atoms with Crippen LogP contribution in [0.15, 0.2) is 23.1 Å². The minimum atomic E-state index is -4.28. The van der Waals surface area contributed by atoms with Gasteiger partial charge >= 0.3 is 0 Å². The molecule has 4 saturated carbocycles. The summed E-state index contributed by atoms with van der Waals surface area (Å²) < 4.78 is 61.2. The van der Waals surface area contributed by atoms with Crippen molar-refractivity contribution in [3.8, 4) is 0 Å². The first kappa shape index (κ1) is 17.4. The lowest BCUT2D eigenvalue weighted by Gasteiger charge is -2.60. The van der Waals surface area contributed by atoms with E-state index in [9.17, 15) is 17.2 Å². The Morgan fingerprint density at radius 2 is 1.60 bits per heavy atom. The summed E-state index contributed by atoms with van der Waals surface area (Å²) in [4.78, 5) is -0.912. The predicted molar refractivity (Wildman–Crippen MR) is 88.3 cm³/mol. The van der Waals surface area contributed by atoms with Gasteiger partial charge in [0.25, 0.3) is 0 Å². The summed E-state index contributed by atoms with van der Waals surface area (Å²) >= 11 is 0. The number of rotatable bonds is 5. The molecule has 4 aliphatic rings. The van der Waals surface area contributed by atoms with Crippen molar-refractivity contribution in [3.05, 3.63) is 29.8 Å². The standard InChI is InChI=1S/C18H23F2NO3S/c1-24-18(13-6-11-5-12(8-13)9-14(18)7-11)10-21-25(22,23)17-15(19)3-2-4-16(17)20/h2-4,11-14,21H,5-10H2,1H3. The van der Waals surface area contributed by atoms with Crippen LogP contribution in [0.1, 0.15) is 32.1 Å². The van der Waals surface area contributed by atoms with E-state index in [0.29, 0.717) is 23.7 Å². The molecule has 0 saturated heterocycles. The number of sulfonamides is 1. The molecule has 1 aromatic rings. The van der Waals surface area contributed by atoms with Gasteiger partial charge in [-0.05, 0) is 67.9 Å². The van der Waals surface area contributed by atoms with E-state index < -0.39 is 32.2 Å². The fourth-order valence-electron chi connectivity index (χ4n) is 5.70. The third kappa shape index (κ3) is 2.71. The predicted octanol–water partition coefficient (Wildman–Crippen LogP) is 3.08. The molecular weight excluding hydrogens is 348 g/mol. The molecule has 0 unspecified atom stereocenters. The first-order valence-corrected chi connectivity index (χ1v) is 10.3. The van der Waals surface area contributed by atoms with Crippen LogP contribution in [0.2, 0.25) is 0 Å². The normalized spacial score (nSPS) is 36.8. The SMILES string of the molecule is COC1(CNS(=O)(=O)c2c(F)cccc2F)C2CC3CC(C2)CC1C3. The van der Waals surface area contributed by atoms with E-state index >= 15 is 0 Å². The first-order chi connectivity index (χ1) is 11.9. The second kappa shape index (κ2) is 5.99. The van der Waals surface area contributed by atoms with Gasteiger partial charge in [-0.1, -0.05) is 6.07 Å². The Morgan fingerprint density at radius 1 is 1.08 bits per heavy atom. The fraction of sp³-hybridized carbons (Fsp3) is 0.667. The second-order valence-electron chi connectivity index (χ2n) is 7.84. The van der Waals surface area contributed by atoms with Gasteiger partial charge in [-0.3, -0.25) is 0 Å². The molecule has 0 aromatic heterocycles. The Labute approximate surface area is 147 Å². The number of hydrogen-bond acceptors (Lipinski definition) is 3. The van der Waals surface area contributed by atoms with Gasteiger partial charge < -0.3 is 4.74 Å². The maximum Gasteiger partial charge on any atom is 0.246 e. The molecule has 0 aliphatic heterocycles. The maximum absolute atomic E-state index is 13.9. The molecule has 7 heteroatoms. The van der Waals surface area contributed by atoms with Crippen LogP contribution in [-0.2, 0) is 14.8 Å². The van der Waals surface area contributed by atoms with Crippen molar-refractivity contribution in [1.29, 1.82) is 0 Å². The summed E-state index contributed by atoms with van der Waals surface area (Å²) in [5.41, 5.74) is -0.567. The molecule has 0 spiro atoms. The zero-order chi connectivity index (χ0) is 17.8. The van der Waals surface area contributed by atoms with Crippen LogP contribution >= 0.6 is 0 Å². The van der Waals surface area contributed by atoms with Gasteiger partial charge in [-0.2, -0.15) is 0 Å². The summed E-state index contributed by atoms with van der Waals surface area (Å²) in [5.74, 6) is -0.116. The number of nitrogens with one attached hydrogen (secondary N) is 1. The minimum Gasteiger partial charge on any atom is -0.376 e. The molecule has 4 bridgehead atoms. The lowest BCUT2D eigenvalue weighted by molar-refractivity contribution is -0.185. The van der Waals surface area contributed by atoms with Gasteiger partial charge in [-0.15, -0.1) is 0 Å². The van der Waals surface area contributed by atoms with Crippen molar-refractivity contribution in [3.63, 3.8) is 0 Å². The smallest absolute Gasteiger partial charge is 0.246 e. The van der Waals surface area contributed by atoms with E-state index in [-0.39, 0.29) is 6.54 Å². The Morgan fingerprint density at radius 3 is 2.08 bits per heavy atom. The molecular formula is C18H23F2NO3S. The average Bonchev–Trinajstić information content (AvgIpc) is 2.54. The van der Waals surface area contributed by atoms with Crippen LogP contribution in [0.5, 0.6) is 0 Å². The summed E-state index contributed by atoms with van der Waals surface area (Å²) in [6.07, 6.45) is 5.49. The van der Waals surface area contributed by atoms with Crippen LogP contribution in [0.4, 0.5) is 8.78 Å². The van der Waals surface area contributed by atoms with E-state index in [1.807, 2.05) is 0 Å². The number of methoxy groups -OCH3 is 1. The molecule has 0 amide bonds. The largest absolute Gasteiger partial charge is 0.376 e. The van der Waals surface area contributed by atoms with E-state index in [1.165, 1.54) is 6.42 Å². The van der Waals surface area contributed by atoms with Crippen LogP contribution in [0.3, 0.4) is 0 Å². The quantitative estimate of drug-likeness (QED) is 0.865. The second-order valence-corrected chi connectivity index (χ2v) is 9.54. The van der Waals surface area contributed by atoms with Gasteiger partial charge in [0.05, 0.1) is 5.60 Å². The Balaban J connectivity index is 1.59. The Bertz CT molecular complexity index is 732. The van der Waals surface area contributed by atoms with Crippen LogP contribution in [0, 0.1) is 35.3 Å². The van der Waals surface area contributed by atoms with Crippen LogP contribution < -0.4 is 4.72 Å². The molecule has 25 heavy (non-hydrogen) atoms. The van der Waals surface area contributed by atoms with Gasteiger partial charge in [-0.25, -0.2) is 21.9 Å². The lowest BCUT2D eigenvalue weighted by atomic mass is 9.50. The summed E-state index contributed by atoms with van der Waals surface area (Å²) in [6, 6.07) is 3.05. The zero-order valence-corrected chi connectivity index (χ0v) is 15.0. The van der Waals surface area contributed by atoms with Gasteiger partial charge in [0.15, 0.2) is 4.90 Å². The first-order valence-electron chi connectivity index (χ1n) is 8.84. The van der Waals surface area contributed by atoms with Crippen molar-refractivity contribution in [1.82, 2.24) is 4.72 Å². The lowest BCUT2D eigenvalue weighted by Crippen LogP contribution is -2.63. The van der Waals surface area contributed by atoms with Gasteiger partial charge in [0.2, 0.25) is 10.0 Å². The molecule has 0 heterocycles. The molecule has 1 aromatic carbocycles. The molecule has 4 fully saturated rings. The number of benzene rings is 1. The highest BCUT2D eigenvalue weighted by Crippen LogP contribution is 2.59. The van der Waals surface area contributed by atoms with Crippen molar-refractivity contribution in [2.75, 3.05) is 13.7 Å².